The van der Waals surface area contributed by atoms with Gasteiger partial charge in [-0.25, -0.2) is 9.78 Å². The second-order valence-corrected chi connectivity index (χ2v) is 6.23. The zero-order valence-electron chi connectivity index (χ0n) is 13.9. The number of carboxylic acid groups (broad SMARTS) is 1. The van der Waals surface area contributed by atoms with Crippen LogP contribution in [-0.4, -0.2) is 44.9 Å². The van der Waals surface area contributed by atoms with Gasteiger partial charge < -0.3 is 15.0 Å². The molecule has 0 radical (unpaired) electrons. The molecule has 2 heterocycles. The molecule has 1 saturated heterocycles. The Labute approximate surface area is 144 Å². The van der Waals surface area contributed by atoms with E-state index in [1.54, 1.807) is 30.0 Å². The first-order chi connectivity index (χ1) is 12.0. The Morgan fingerprint density at radius 1 is 1.36 bits per heavy atom. The molecule has 2 N–H and O–H groups in total. The summed E-state index contributed by atoms with van der Waals surface area (Å²) in [6.45, 7) is 2.68. The first-order valence-electron chi connectivity index (χ1n) is 8.14. The minimum absolute atomic E-state index is 0.0329. The molecule has 7 heteroatoms. The van der Waals surface area contributed by atoms with Gasteiger partial charge in [-0.05, 0) is 37.5 Å². The predicted octanol–water partition coefficient (Wildman–Crippen LogP) is 1.80. The van der Waals surface area contributed by atoms with E-state index in [1.807, 2.05) is 6.07 Å². The number of benzene rings is 1. The van der Waals surface area contributed by atoms with E-state index in [1.165, 1.54) is 6.20 Å². The van der Waals surface area contributed by atoms with Crippen LogP contribution in [0.1, 0.15) is 50.9 Å². The third-order valence-electron chi connectivity index (χ3n) is 4.47. The number of nitrogens with one attached hydrogen (secondary N) is 1. The standard InChI is InChI=1S/C18H19N3O4/c1-11-19-9-15(16(22)20-11)17(23)21-7-3-6-14(10-21)12-4-2-5-13(8-12)18(24)25/h2,4-5,8-9,14H,3,6-7,10H2,1H3,(H,24,25)(H,19,20,22)/t14-/m1/s1. The largest absolute Gasteiger partial charge is 0.478 e. The Kier molecular flexibility index (Phi) is 4.65. The topological polar surface area (TPSA) is 103 Å². The molecular formula is C18H19N3O4. The Morgan fingerprint density at radius 2 is 2.16 bits per heavy atom. The van der Waals surface area contributed by atoms with Crippen LogP contribution in [0.4, 0.5) is 0 Å². The van der Waals surface area contributed by atoms with Crippen LogP contribution in [0.3, 0.4) is 0 Å². The average Bonchev–Trinajstić information content (AvgIpc) is 2.61. The summed E-state index contributed by atoms with van der Waals surface area (Å²) in [5, 5.41) is 9.14. The number of hydrogen-bond acceptors (Lipinski definition) is 4. The Bertz CT molecular complexity index is 875. The maximum atomic E-state index is 12.7. The van der Waals surface area contributed by atoms with Crippen molar-refractivity contribution in [2.45, 2.75) is 25.7 Å². The van der Waals surface area contributed by atoms with Crippen LogP contribution < -0.4 is 5.56 Å². The van der Waals surface area contributed by atoms with E-state index in [2.05, 4.69) is 9.97 Å². The third-order valence-corrected chi connectivity index (χ3v) is 4.47. The molecule has 1 amide bonds. The van der Waals surface area contributed by atoms with E-state index >= 15 is 0 Å². The van der Waals surface area contributed by atoms with Crippen LogP contribution in [0.15, 0.2) is 35.3 Å². The minimum atomic E-state index is -0.970. The van der Waals surface area contributed by atoms with Crippen molar-refractivity contribution in [2.24, 2.45) is 0 Å². The summed E-state index contributed by atoms with van der Waals surface area (Å²) in [6, 6.07) is 6.80. The fraction of sp³-hybridized carbons (Fsp3) is 0.333. The lowest BCUT2D eigenvalue weighted by Crippen LogP contribution is -2.41. The number of aromatic nitrogens is 2. The van der Waals surface area contributed by atoms with E-state index in [0.29, 0.717) is 18.9 Å². The molecule has 0 spiro atoms. The van der Waals surface area contributed by atoms with E-state index < -0.39 is 11.5 Å². The molecule has 130 valence electrons. The van der Waals surface area contributed by atoms with Gasteiger partial charge in [0, 0.05) is 25.2 Å². The summed E-state index contributed by atoms with van der Waals surface area (Å²) >= 11 is 0. The van der Waals surface area contributed by atoms with Gasteiger partial charge in [0.15, 0.2) is 0 Å². The van der Waals surface area contributed by atoms with Crippen molar-refractivity contribution in [3.05, 3.63) is 63.3 Å². The van der Waals surface area contributed by atoms with Crippen molar-refractivity contribution in [2.75, 3.05) is 13.1 Å². The molecule has 1 aliphatic heterocycles. The van der Waals surface area contributed by atoms with Crippen molar-refractivity contribution in [3.8, 4) is 0 Å². The van der Waals surface area contributed by atoms with E-state index in [-0.39, 0.29) is 23.0 Å². The monoisotopic (exact) mass is 341 g/mol. The van der Waals surface area contributed by atoms with E-state index in [9.17, 15) is 14.4 Å². The second-order valence-electron chi connectivity index (χ2n) is 6.23. The number of amides is 1. The number of rotatable bonds is 3. The van der Waals surface area contributed by atoms with Crippen LogP contribution in [0.5, 0.6) is 0 Å². The quantitative estimate of drug-likeness (QED) is 0.886. The Balaban J connectivity index is 1.81. The number of likely N-dealkylation sites (tertiary alicyclic amines) is 1. The van der Waals surface area contributed by atoms with Gasteiger partial charge in [0.2, 0.25) is 0 Å². The Hall–Kier alpha value is -2.96. The zero-order chi connectivity index (χ0) is 18.0. The van der Waals surface area contributed by atoms with Crippen molar-refractivity contribution in [1.29, 1.82) is 0 Å². The molecule has 0 saturated carbocycles. The first kappa shape index (κ1) is 16.9. The number of aryl methyl sites for hydroxylation is 1. The van der Waals surface area contributed by atoms with Gasteiger partial charge >= 0.3 is 5.97 Å². The lowest BCUT2D eigenvalue weighted by molar-refractivity contribution is 0.0687. The van der Waals surface area contributed by atoms with Crippen molar-refractivity contribution in [1.82, 2.24) is 14.9 Å². The van der Waals surface area contributed by atoms with Crippen molar-refractivity contribution >= 4 is 11.9 Å². The molecule has 1 aromatic heterocycles. The molecule has 1 atom stereocenters. The summed E-state index contributed by atoms with van der Waals surface area (Å²) in [6.07, 6.45) is 2.98. The molecule has 7 nitrogen and oxygen atoms in total. The number of piperidine rings is 1. The summed E-state index contributed by atoms with van der Waals surface area (Å²) in [4.78, 5) is 44.0. The minimum Gasteiger partial charge on any atom is -0.478 e. The highest BCUT2D eigenvalue weighted by atomic mass is 16.4. The maximum Gasteiger partial charge on any atom is 0.335 e. The normalized spacial score (nSPS) is 17.3. The van der Waals surface area contributed by atoms with Gasteiger partial charge in [-0.3, -0.25) is 9.59 Å². The highest BCUT2D eigenvalue weighted by Gasteiger charge is 2.27. The van der Waals surface area contributed by atoms with Crippen LogP contribution >= 0.6 is 0 Å². The summed E-state index contributed by atoms with van der Waals surface area (Å²) in [5.41, 5.74) is 0.728. The number of hydrogen-bond donors (Lipinski definition) is 2. The van der Waals surface area contributed by atoms with Gasteiger partial charge in [0.05, 0.1) is 5.56 Å². The average molecular weight is 341 g/mol. The fourth-order valence-electron chi connectivity index (χ4n) is 3.17. The Morgan fingerprint density at radius 3 is 2.88 bits per heavy atom. The zero-order valence-corrected chi connectivity index (χ0v) is 13.9. The highest BCUT2D eigenvalue weighted by Crippen LogP contribution is 2.28. The van der Waals surface area contributed by atoms with Gasteiger partial charge in [-0.2, -0.15) is 0 Å². The van der Waals surface area contributed by atoms with Gasteiger partial charge in [-0.15, -0.1) is 0 Å². The summed E-state index contributed by atoms with van der Waals surface area (Å²) in [7, 11) is 0. The van der Waals surface area contributed by atoms with Crippen LogP contribution in [0.25, 0.3) is 0 Å². The molecule has 1 fully saturated rings. The number of aromatic amines is 1. The number of carbonyl (C=O) groups excluding carboxylic acids is 1. The number of nitrogens with zero attached hydrogens (tertiary/aromatic N) is 2. The van der Waals surface area contributed by atoms with Crippen molar-refractivity contribution in [3.63, 3.8) is 0 Å². The van der Waals surface area contributed by atoms with Gasteiger partial charge in [0.25, 0.3) is 11.5 Å². The molecule has 1 aromatic carbocycles. The molecule has 0 unspecified atom stereocenters. The smallest absolute Gasteiger partial charge is 0.335 e. The molecule has 2 aromatic rings. The molecular weight excluding hydrogens is 322 g/mol. The van der Waals surface area contributed by atoms with Crippen molar-refractivity contribution < 1.29 is 14.7 Å². The van der Waals surface area contributed by atoms with Gasteiger partial charge in [-0.1, -0.05) is 12.1 Å². The highest BCUT2D eigenvalue weighted by molar-refractivity contribution is 5.93. The van der Waals surface area contributed by atoms with Gasteiger partial charge in [0.1, 0.15) is 11.4 Å². The molecule has 3 rings (SSSR count). The van der Waals surface area contributed by atoms with Crippen LogP contribution in [-0.2, 0) is 0 Å². The molecule has 0 bridgehead atoms. The molecule has 25 heavy (non-hydrogen) atoms. The summed E-state index contributed by atoms with van der Waals surface area (Å²) < 4.78 is 0. The number of H-pyrrole nitrogens is 1. The maximum absolute atomic E-state index is 12.7. The number of aromatic carboxylic acids is 1. The van der Waals surface area contributed by atoms with E-state index in [0.717, 1.165) is 18.4 Å². The summed E-state index contributed by atoms with van der Waals surface area (Å²) in [5.74, 6) is -0.797. The van der Waals surface area contributed by atoms with Crippen LogP contribution in [0, 0.1) is 6.92 Å². The number of carboxylic acids is 1. The molecule has 0 aliphatic carbocycles. The fourth-order valence-corrected chi connectivity index (χ4v) is 3.17. The lowest BCUT2D eigenvalue weighted by Gasteiger charge is -2.33. The van der Waals surface area contributed by atoms with Crippen LogP contribution in [0.2, 0.25) is 0 Å². The molecule has 1 aliphatic rings. The SMILES string of the molecule is Cc1ncc(C(=O)N2CCC[C@@H](c3cccc(C(=O)O)c3)C2)c(=O)[nH]1. The second kappa shape index (κ2) is 6.88. The first-order valence-corrected chi connectivity index (χ1v) is 8.14. The number of carbonyl (C=O) groups is 2. The lowest BCUT2D eigenvalue weighted by atomic mass is 9.89. The predicted molar refractivity (Wildman–Crippen MR) is 90.9 cm³/mol. The third kappa shape index (κ3) is 3.60. The van der Waals surface area contributed by atoms with E-state index in [4.69, 9.17) is 5.11 Å².